The van der Waals surface area contributed by atoms with E-state index in [9.17, 15) is 5.11 Å². The maximum absolute atomic E-state index is 10.9. The third-order valence-corrected chi connectivity index (χ3v) is 4.49. The van der Waals surface area contributed by atoms with E-state index in [0.29, 0.717) is 17.9 Å². The van der Waals surface area contributed by atoms with Crippen LogP contribution in [0.15, 0.2) is 42.6 Å². The van der Waals surface area contributed by atoms with Crippen molar-refractivity contribution in [1.29, 1.82) is 0 Å². The molecule has 0 aliphatic carbocycles. The van der Waals surface area contributed by atoms with Crippen LogP contribution in [-0.2, 0) is 5.60 Å². The molecule has 0 bridgehead atoms. The molecule has 0 atom stereocenters. The summed E-state index contributed by atoms with van der Waals surface area (Å²) in [6, 6.07) is 11.2. The average Bonchev–Trinajstić information content (AvgIpc) is 2.56. The minimum Gasteiger partial charge on any atom is -0.493 e. The van der Waals surface area contributed by atoms with E-state index in [1.165, 1.54) is 0 Å². The van der Waals surface area contributed by atoms with Gasteiger partial charge >= 0.3 is 0 Å². The highest BCUT2D eigenvalue weighted by Gasteiger charge is 2.34. The van der Waals surface area contributed by atoms with Gasteiger partial charge < -0.3 is 14.7 Å². The van der Waals surface area contributed by atoms with Crippen molar-refractivity contribution in [3.05, 3.63) is 53.2 Å². The van der Waals surface area contributed by atoms with E-state index in [-0.39, 0.29) is 0 Å². The second-order valence-electron chi connectivity index (χ2n) is 5.55. The molecule has 0 amide bonds. The van der Waals surface area contributed by atoms with Crippen LogP contribution >= 0.6 is 11.6 Å². The number of methoxy groups -OCH3 is 1. The topological polar surface area (TPSA) is 45.6 Å². The Morgan fingerprint density at radius 2 is 1.86 bits per heavy atom. The summed E-state index contributed by atoms with van der Waals surface area (Å²) in [4.78, 5) is 6.56. The third kappa shape index (κ3) is 2.89. The van der Waals surface area contributed by atoms with Crippen LogP contribution in [0, 0.1) is 0 Å². The molecule has 1 aliphatic rings. The summed E-state index contributed by atoms with van der Waals surface area (Å²) in [5.41, 5.74) is 0.118. The molecule has 0 saturated carbocycles. The summed E-state index contributed by atoms with van der Waals surface area (Å²) < 4.78 is 5.37. The van der Waals surface area contributed by atoms with E-state index in [1.807, 2.05) is 36.4 Å². The van der Waals surface area contributed by atoms with Gasteiger partial charge in [0.1, 0.15) is 0 Å². The average molecular weight is 319 g/mol. The van der Waals surface area contributed by atoms with E-state index in [4.69, 9.17) is 16.3 Å². The zero-order chi connectivity index (χ0) is 15.6. The van der Waals surface area contributed by atoms with Crippen molar-refractivity contribution in [2.75, 3.05) is 25.1 Å². The fourth-order valence-electron chi connectivity index (χ4n) is 2.92. The maximum Gasteiger partial charge on any atom is 0.171 e. The van der Waals surface area contributed by atoms with Gasteiger partial charge in [0.05, 0.1) is 12.7 Å². The Morgan fingerprint density at radius 3 is 2.50 bits per heavy atom. The van der Waals surface area contributed by atoms with Gasteiger partial charge in [-0.05, 0) is 42.7 Å². The lowest BCUT2D eigenvalue weighted by Gasteiger charge is -2.39. The van der Waals surface area contributed by atoms with Crippen molar-refractivity contribution in [3.63, 3.8) is 0 Å². The van der Waals surface area contributed by atoms with E-state index in [2.05, 4.69) is 9.88 Å². The number of benzene rings is 1. The number of ether oxygens (including phenoxy) is 1. The van der Waals surface area contributed by atoms with Crippen LogP contribution in [0.25, 0.3) is 0 Å². The van der Waals surface area contributed by atoms with Crippen LogP contribution in [0.4, 0.5) is 5.82 Å². The standard InChI is InChI=1S/C17H19ClN2O2/c1-22-15-3-2-10-19-16(15)20-11-8-17(21,9-12-20)13-4-6-14(18)7-5-13/h2-7,10,21H,8-9,11-12H2,1H3. The number of halogens is 1. The molecule has 4 nitrogen and oxygen atoms in total. The van der Waals surface area contributed by atoms with Crippen LogP contribution < -0.4 is 9.64 Å². The summed E-state index contributed by atoms with van der Waals surface area (Å²) in [5.74, 6) is 1.60. The second-order valence-corrected chi connectivity index (χ2v) is 5.99. The Morgan fingerprint density at radius 1 is 1.18 bits per heavy atom. The van der Waals surface area contributed by atoms with Gasteiger partial charge in [0.15, 0.2) is 11.6 Å². The molecule has 1 aromatic heterocycles. The number of aliphatic hydroxyl groups is 1. The molecule has 1 saturated heterocycles. The predicted octanol–water partition coefficient (Wildman–Crippen LogP) is 3.23. The van der Waals surface area contributed by atoms with Crippen LogP contribution in [0.2, 0.25) is 5.02 Å². The molecule has 1 N–H and O–H groups in total. The van der Waals surface area contributed by atoms with Crippen molar-refractivity contribution < 1.29 is 9.84 Å². The van der Waals surface area contributed by atoms with Crippen LogP contribution in [-0.4, -0.2) is 30.3 Å². The number of nitrogens with zero attached hydrogens (tertiary/aromatic N) is 2. The third-order valence-electron chi connectivity index (χ3n) is 4.24. The Bertz CT molecular complexity index is 637. The number of hydrogen-bond donors (Lipinski definition) is 1. The van der Waals surface area contributed by atoms with Crippen molar-refractivity contribution in [2.24, 2.45) is 0 Å². The molecule has 0 unspecified atom stereocenters. The minimum absolute atomic E-state index is 0.647. The largest absolute Gasteiger partial charge is 0.493 e. The monoisotopic (exact) mass is 318 g/mol. The molecule has 2 heterocycles. The zero-order valence-corrected chi connectivity index (χ0v) is 13.3. The molecule has 22 heavy (non-hydrogen) atoms. The fourth-order valence-corrected chi connectivity index (χ4v) is 3.04. The highest BCUT2D eigenvalue weighted by Crippen LogP contribution is 2.36. The molecule has 1 fully saturated rings. The number of piperidine rings is 1. The van der Waals surface area contributed by atoms with Gasteiger partial charge in [0.25, 0.3) is 0 Å². The summed E-state index contributed by atoms with van der Waals surface area (Å²) in [7, 11) is 1.65. The number of aromatic nitrogens is 1. The molecular formula is C17H19ClN2O2. The molecule has 3 rings (SSSR count). The van der Waals surface area contributed by atoms with E-state index < -0.39 is 5.60 Å². The number of hydrogen-bond acceptors (Lipinski definition) is 4. The number of rotatable bonds is 3. The van der Waals surface area contributed by atoms with Gasteiger partial charge in [-0.15, -0.1) is 0 Å². The first-order chi connectivity index (χ1) is 10.6. The normalized spacial score (nSPS) is 17.3. The summed E-state index contributed by atoms with van der Waals surface area (Å²) in [6.07, 6.45) is 3.06. The fraction of sp³-hybridized carbons (Fsp3) is 0.353. The summed E-state index contributed by atoms with van der Waals surface area (Å²) >= 11 is 5.92. The molecule has 0 radical (unpaired) electrons. The predicted molar refractivity (Wildman–Crippen MR) is 87.6 cm³/mol. The van der Waals surface area contributed by atoms with Crippen LogP contribution in [0.5, 0.6) is 5.75 Å². The smallest absolute Gasteiger partial charge is 0.171 e. The van der Waals surface area contributed by atoms with E-state index in [0.717, 1.165) is 30.2 Å². The highest BCUT2D eigenvalue weighted by molar-refractivity contribution is 6.30. The Kier molecular flexibility index (Phi) is 4.23. The molecule has 1 aromatic carbocycles. The second kappa shape index (κ2) is 6.15. The van der Waals surface area contributed by atoms with Gasteiger partial charge in [-0.3, -0.25) is 0 Å². The van der Waals surface area contributed by atoms with Crippen LogP contribution in [0.3, 0.4) is 0 Å². The van der Waals surface area contributed by atoms with Gasteiger partial charge in [0, 0.05) is 24.3 Å². The SMILES string of the molecule is COc1cccnc1N1CCC(O)(c2ccc(Cl)cc2)CC1. The van der Waals surface area contributed by atoms with E-state index >= 15 is 0 Å². The van der Waals surface area contributed by atoms with Crippen molar-refractivity contribution >= 4 is 17.4 Å². The van der Waals surface area contributed by atoms with Gasteiger partial charge in [-0.2, -0.15) is 0 Å². The highest BCUT2D eigenvalue weighted by atomic mass is 35.5. The number of anilines is 1. The molecule has 1 aliphatic heterocycles. The minimum atomic E-state index is -0.802. The lowest BCUT2D eigenvalue weighted by molar-refractivity contribution is 0.0116. The van der Waals surface area contributed by atoms with Crippen molar-refractivity contribution in [2.45, 2.75) is 18.4 Å². The van der Waals surface area contributed by atoms with Gasteiger partial charge in [-0.25, -0.2) is 4.98 Å². The molecule has 2 aromatic rings. The lowest BCUT2D eigenvalue weighted by atomic mass is 9.84. The Hall–Kier alpha value is -1.78. The lowest BCUT2D eigenvalue weighted by Crippen LogP contribution is -2.43. The Labute approximate surface area is 135 Å². The first-order valence-corrected chi connectivity index (χ1v) is 7.72. The number of pyridine rings is 1. The zero-order valence-electron chi connectivity index (χ0n) is 12.5. The maximum atomic E-state index is 10.9. The first-order valence-electron chi connectivity index (χ1n) is 7.35. The summed E-state index contributed by atoms with van der Waals surface area (Å²) in [6.45, 7) is 1.46. The molecule has 5 heteroatoms. The first kappa shape index (κ1) is 15.1. The molecular weight excluding hydrogens is 300 g/mol. The van der Waals surface area contributed by atoms with Gasteiger partial charge in [-0.1, -0.05) is 23.7 Å². The van der Waals surface area contributed by atoms with Crippen molar-refractivity contribution in [1.82, 2.24) is 4.98 Å². The van der Waals surface area contributed by atoms with Crippen molar-refractivity contribution in [3.8, 4) is 5.75 Å². The Balaban J connectivity index is 1.76. The molecule has 116 valence electrons. The molecule has 0 spiro atoms. The van der Waals surface area contributed by atoms with E-state index in [1.54, 1.807) is 13.3 Å². The summed E-state index contributed by atoms with van der Waals surface area (Å²) in [5, 5.41) is 11.6. The quantitative estimate of drug-likeness (QED) is 0.943. The van der Waals surface area contributed by atoms with Gasteiger partial charge in [0.2, 0.25) is 0 Å². The van der Waals surface area contributed by atoms with Crippen LogP contribution in [0.1, 0.15) is 18.4 Å².